The maximum absolute atomic E-state index is 4.62. The molecule has 106 valence electrons. The van der Waals surface area contributed by atoms with Gasteiger partial charge in [-0.25, -0.2) is 9.97 Å². The van der Waals surface area contributed by atoms with Crippen LogP contribution in [0.25, 0.3) is 10.6 Å². The SMILES string of the molecule is Cc1ccccc1-c1ncc([C@H]2NCCc3[nH]cnc32)s1. The Kier molecular flexibility index (Phi) is 3.09. The number of hydrogen-bond donors (Lipinski definition) is 2. The van der Waals surface area contributed by atoms with Crippen LogP contribution in [0.15, 0.2) is 36.8 Å². The van der Waals surface area contributed by atoms with Crippen molar-refractivity contribution in [3.8, 4) is 10.6 Å². The maximum atomic E-state index is 4.62. The number of thiazole rings is 1. The fourth-order valence-electron chi connectivity index (χ4n) is 2.81. The standard InChI is InChI=1S/C16H16N4S/c1-10-4-2-3-5-11(10)16-18-8-13(21-16)15-14-12(6-7-17-15)19-9-20-14/h2-5,8-9,15,17H,6-7H2,1H3,(H,19,20)/t15-/m1/s1. The molecule has 5 heteroatoms. The first-order chi connectivity index (χ1) is 10.3. The fraction of sp³-hybridized carbons (Fsp3) is 0.250. The quantitative estimate of drug-likeness (QED) is 0.764. The topological polar surface area (TPSA) is 53.6 Å². The van der Waals surface area contributed by atoms with Crippen molar-refractivity contribution in [2.45, 2.75) is 19.4 Å². The van der Waals surface area contributed by atoms with Gasteiger partial charge in [0, 0.05) is 35.3 Å². The summed E-state index contributed by atoms with van der Waals surface area (Å²) in [4.78, 5) is 13.6. The van der Waals surface area contributed by atoms with Crippen LogP contribution in [0.5, 0.6) is 0 Å². The van der Waals surface area contributed by atoms with Gasteiger partial charge in [0.05, 0.1) is 18.1 Å². The van der Waals surface area contributed by atoms with E-state index in [-0.39, 0.29) is 6.04 Å². The molecule has 0 amide bonds. The Balaban J connectivity index is 1.72. The van der Waals surface area contributed by atoms with Crippen molar-refractivity contribution >= 4 is 11.3 Å². The molecule has 2 N–H and O–H groups in total. The Morgan fingerprint density at radius 3 is 3.05 bits per heavy atom. The Hall–Kier alpha value is -1.98. The van der Waals surface area contributed by atoms with Gasteiger partial charge in [-0.2, -0.15) is 0 Å². The van der Waals surface area contributed by atoms with Gasteiger partial charge < -0.3 is 10.3 Å². The van der Waals surface area contributed by atoms with Gasteiger partial charge >= 0.3 is 0 Å². The van der Waals surface area contributed by atoms with E-state index >= 15 is 0 Å². The largest absolute Gasteiger partial charge is 0.348 e. The third-order valence-corrected chi connectivity index (χ3v) is 5.03. The predicted molar refractivity (Wildman–Crippen MR) is 84.4 cm³/mol. The van der Waals surface area contributed by atoms with E-state index in [2.05, 4.69) is 51.5 Å². The first kappa shape index (κ1) is 12.7. The van der Waals surface area contributed by atoms with Crippen molar-refractivity contribution < 1.29 is 0 Å². The maximum Gasteiger partial charge on any atom is 0.123 e. The number of hydrogen-bond acceptors (Lipinski definition) is 4. The number of fused-ring (bicyclic) bond motifs is 1. The molecule has 1 aromatic carbocycles. The monoisotopic (exact) mass is 296 g/mol. The Bertz CT molecular complexity index is 774. The summed E-state index contributed by atoms with van der Waals surface area (Å²) in [6, 6.07) is 8.54. The molecule has 0 fully saturated rings. The number of H-pyrrole nitrogens is 1. The lowest BCUT2D eigenvalue weighted by Gasteiger charge is -2.21. The summed E-state index contributed by atoms with van der Waals surface area (Å²) in [5, 5.41) is 4.62. The average molecular weight is 296 g/mol. The molecule has 3 aromatic rings. The number of imidazole rings is 1. The number of rotatable bonds is 2. The molecule has 0 aliphatic carbocycles. The lowest BCUT2D eigenvalue weighted by Crippen LogP contribution is -2.30. The zero-order valence-corrected chi connectivity index (χ0v) is 12.6. The van der Waals surface area contributed by atoms with Gasteiger partial charge in [0.25, 0.3) is 0 Å². The highest BCUT2D eigenvalue weighted by Gasteiger charge is 2.25. The van der Waals surface area contributed by atoms with E-state index in [1.54, 1.807) is 17.7 Å². The molecule has 1 aliphatic rings. The van der Waals surface area contributed by atoms with E-state index in [1.807, 2.05) is 6.20 Å². The minimum atomic E-state index is 0.162. The molecule has 4 rings (SSSR count). The Morgan fingerprint density at radius 1 is 1.24 bits per heavy atom. The average Bonchev–Trinajstić information content (AvgIpc) is 3.16. The van der Waals surface area contributed by atoms with Crippen molar-refractivity contribution in [1.29, 1.82) is 0 Å². The Morgan fingerprint density at radius 2 is 2.14 bits per heavy atom. The highest BCUT2D eigenvalue weighted by Crippen LogP contribution is 2.34. The molecule has 0 saturated heterocycles. The molecule has 2 aromatic heterocycles. The molecule has 3 heterocycles. The van der Waals surface area contributed by atoms with Gasteiger partial charge in [0.1, 0.15) is 5.01 Å². The second-order valence-corrected chi connectivity index (χ2v) is 6.35. The van der Waals surface area contributed by atoms with E-state index < -0.39 is 0 Å². The third-order valence-electron chi connectivity index (χ3n) is 3.93. The molecular formula is C16H16N4S. The molecule has 0 bridgehead atoms. The summed E-state index contributed by atoms with van der Waals surface area (Å²) in [5.74, 6) is 0. The van der Waals surface area contributed by atoms with Gasteiger partial charge in [-0.15, -0.1) is 11.3 Å². The first-order valence-electron chi connectivity index (χ1n) is 7.10. The third kappa shape index (κ3) is 2.18. The van der Waals surface area contributed by atoms with Crippen molar-refractivity contribution in [3.05, 3.63) is 58.6 Å². The molecule has 0 saturated carbocycles. The van der Waals surface area contributed by atoms with Crippen LogP contribution in [-0.4, -0.2) is 21.5 Å². The van der Waals surface area contributed by atoms with Crippen LogP contribution in [0.4, 0.5) is 0 Å². The summed E-state index contributed by atoms with van der Waals surface area (Å²) in [5.41, 5.74) is 4.83. The van der Waals surface area contributed by atoms with Crippen LogP contribution >= 0.6 is 11.3 Å². The van der Waals surface area contributed by atoms with E-state index in [4.69, 9.17) is 0 Å². The van der Waals surface area contributed by atoms with E-state index in [1.165, 1.54) is 21.7 Å². The summed E-state index contributed by atoms with van der Waals surface area (Å²) >= 11 is 1.75. The number of aryl methyl sites for hydroxylation is 1. The van der Waals surface area contributed by atoms with Crippen LogP contribution in [0.1, 0.15) is 27.9 Å². The number of aromatic amines is 1. The summed E-state index contributed by atoms with van der Waals surface area (Å²) < 4.78 is 0. The second-order valence-electron chi connectivity index (χ2n) is 5.29. The fourth-order valence-corrected chi connectivity index (χ4v) is 3.90. The van der Waals surface area contributed by atoms with Crippen LogP contribution in [0.3, 0.4) is 0 Å². The van der Waals surface area contributed by atoms with Crippen LogP contribution < -0.4 is 5.32 Å². The van der Waals surface area contributed by atoms with Crippen molar-refractivity contribution in [2.75, 3.05) is 6.54 Å². The van der Waals surface area contributed by atoms with Crippen molar-refractivity contribution in [3.63, 3.8) is 0 Å². The molecule has 21 heavy (non-hydrogen) atoms. The highest BCUT2D eigenvalue weighted by molar-refractivity contribution is 7.15. The van der Waals surface area contributed by atoms with Crippen LogP contribution in [-0.2, 0) is 6.42 Å². The number of nitrogens with zero attached hydrogens (tertiary/aromatic N) is 2. The molecule has 0 unspecified atom stereocenters. The minimum Gasteiger partial charge on any atom is -0.348 e. The van der Waals surface area contributed by atoms with Gasteiger partial charge in [0.15, 0.2) is 0 Å². The normalized spacial score (nSPS) is 17.7. The van der Waals surface area contributed by atoms with E-state index in [9.17, 15) is 0 Å². The molecule has 0 spiro atoms. The predicted octanol–water partition coefficient (Wildman–Crippen LogP) is 3.08. The lowest BCUT2D eigenvalue weighted by molar-refractivity contribution is 0.559. The van der Waals surface area contributed by atoms with E-state index in [0.29, 0.717) is 0 Å². The smallest absolute Gasteiger partial charge is 0.123 e. The van der Waals surface area contributed by atoms with Gasteiger partial charge in [-0.05, 0) is 12.5 Å². The zero-order valence-electron chi connectivity index (χ0n) is 11.8. The lowest BCUT2D eigenvalue weighted by atomic mass is 10.1. The van der Waals surface area contributed by atoms with E-state index in [0.717, 1.165) is 23.7 Å². The summed E-state index contributed by atoms with van der Waals surface area (Å²) in [7, 11) is 0. The minimum absolute atomic E-state index is 0.162. The molecule has 1 aliphatic heterocycles. The molecular weight excluding hydrogens is 280 g/mol. The van der Waals surface area contributed by atoms with Crippen molar-refractivity contribution in [2.24, 2.45) is 0 Å². The number of aromatic nitrogens is 3. The van der Waals surface area contributed by atoms with Gasteiger partial charge in [-0.1, -0.05) is 24.3 Å². The molecule has 0 radical (unpaired) electrons. The highest BCUT2D eigenvalue weighted by atomic mass is 32.1. The van der Waals surface area contributed by atoms with Crippen molar-refractivity contribution in [1.82, 2.24) is 20.3 Å². The van der Waals surface area contributed by atoms with Gasteiger partial charge in [0.2, 0.25) is 0 Å². The second kappa shape index (κ2) is 5.09. The molecule has 4 nitrogen and oxygen atoms in total. The summed E-state index contributed by atoms with van der Waals surface area (Å²) in [6.45, 7) is 3.10. The number of benzene rings is 1. The Labute approximate surface area is 127 Å². The summed E-state index contributed by atoms with van der Waals surface area (Å²) in [6.07, 6.45) is 4.77. The van der Waals surface area contributed by atoms with Gasteiger partial charge in [-0.3, -0.25) is 0 Å². The zero-order chi connectivity index (χ0) is 14.2. The first-order valence-corrected chi connectivity index (χ1v) is 7.92. The van der Waals surface area contributed by atoms with Crippen LogP contribution in [0, 0.1) is 6.92 Å². The molecule has 1 atom stereocenters. The number of nitrogens with one attached hydrogen (secondary N) is 2. The van der Waals surface area contributed by atoms with Crippen LogP contribution in [0.2, 0.25) is 0 Å².